The number of benzene rings is 2. The highest BCUT2D eigenvalue weighted by Crippen LogP contribution is 2.44. The van der Waals surface area contributed by atoms with Crippen LogP contribution in [0, 0.1) is 18.3 Å². The van der Waals surface area contributed by atoms with Crippen molar-refractivity contribution in [2.75, 3.05) is 6.61 Å². The van der Waals surface area contributed by atoms with Crippen molar-refractivity contribution in [3.8, 4) is 23.5 Å². The van der Waals surface area contributed by atoms with Crippen LogP contribution in [0.2, 0.25) is 0 Å². The van der Waals surface area contributed by atoms with Gasteiger partial charge < -0.3 is 20.5 Å². The highest BCUT2D eigenvalue weighted by Gasteiger charge is 2.35. The van der Waals surface area contributed by atoms with Gasteiger partial charge in [0.1, 0.15) is 12.6 Å². The molecule has 4 rings (SSSR count). The van der Waals surface area contributed by atoms with Crippen molar-refractivity contribution in [1.82, 2.24) is 10.6 Å². The minimum absolute atomic E-state index is 0.0521. The maximum atomic E-state index is 12.8. The molecule has 7 heteroatoms. The lowest BCUT2D eigenvalue weighted by atomic mass is 9.83. The summed E-state index contributed by atoms with van der Waals surface area (Å²) in [6, 6.07) is 14.6. The van der Waals surface area contributed by atoms with Crippen molar-refractivity contribution < 1.29 is 24.2 Å². The van der Waals surface area contributed by atoms with Crippen LogP contribution in [0.5, 0.6) is 0 Å². The second kappa shape index (κ2) is 10.4. The van der Waals surface area contributed by atoms with Gasteiger partial charge in [-0.3, -0.25) is 4.79 Å². The van der Waals surface area contributed by atoms with E-state index >= 15 is 0 Å². The van der Waals surface area contributed by atoms with Gasteiger partial charge in [-0.1, -0.05) is 61.4 Å². The molecule has 2 amide bonds. The van der Waals surface area contributed by atoms with Crippen LogP contribution >= 0.6 is 0 Å². The Labute approximate surface area is 198 Å². The van der Waals surface area contributed by atoms with E-state index in [0.717, 1.165) is 35.1 Å². The summed E-state index contributed by atoms with van der Waals surface area (Å²) in [6.45, 7) is 0.187. The summed E-state index contributed by atoms with van der Waals surface area (Å²) in [5.41, 5.74) is 4.55. The van der Waals surface area contributed by atoms with Gasteiger partial charge in [-0.05, 0) is 35.1 Å². The molecule has 3 atom stereocenters. The van der Waals surface area contributed by atoms with Crippen molar-refractivity contribution >= 4 is 18.0 Å². The van der Waals surface area contributed by atoms with E-state index in [2.05, 4.69) is 40.8 Å². The topological polar surface area (TPSA) is 105 Å². The second-order valence-corrected chi connectivity index (χ2v) is 8.77. The molecule has 1 fully saturated rings. The molecule has 2 aliphatic carbocycles. The molecule has 3 unspecified atom stereocenters. The number of carboxylic acids is 1. The smallest absolute Gasteiger partial charge is 0.407 e. The zero-order valence-corrected chi connectivity index (χ0v) is 18.8. The van der Waals surface area contributed by atoms with Gasteiger partial charge in [-0.25, -0.2) is 9.59 Å². The van der Waals surface area contributed by atoms with Gasteiger partial charge in [-0.15, -0.1) is 12.3 Å². The molecule has 0 aromatic heterocycles. The van der Waals surface area contributed by atoms with Gasteiger partial charge in [0.15, 0.2) is 0 Å². The predicted octanol–water partition coefficient (Wildman–Crippen LogP) is 3.68. The standard InChI is InChI=1S/C27H28N2O5/c1-2-9-24(26(31)32)28-25(30)21-14-7-8-15-23(21)29-27(33)34-16-22-19-12-5-3-10-17(19)18-11-4-6-13-20(18)22/h1,3-6,10-13,21-24H,7-9,14-16H2,(H,28,30)(H,29,33)(H,31,32). The number of carbonyl (C=O) groups is 3. The minimum atomic E-state index is -1.18. The van der Waals surface area contributed by atoms with Crippen LogP contribution in [-0.2, 0) is 14.3 Å². The lowest BCUT2D eigenvalue weighted by molar-refractivity contribution is -0.142. The number of fused-ring (bicyclic) bond motifs is 3. The molecule has 34 heavy (non-hydrogen) atoms. The highest BCUT2D eigenvalue weighted by atomic mass is 16.5. The molecule has 176 valence electrons. The van der Waals surface area contributed by atoms with E-state index in [-0.39, 0.29) is 18.9 Å². The number of amides is 2. The van der Waals surface area contributed by atoms with Crippen LogP contribution < -0.4 is 10.6 Å². The summed E-state index contributed by atoms with van der Waals surface area (Å²) < 4.78 is 5.63. The summed E-state index contributed by atoms with van der Waals surface area (Å²) in [5.74, 6) is 0.0991. The average molecular weight is 461 g/mol. The van der Waals surface area contributed by atoms with Gasteiger partial charge >= 0.3 is 12.1 Å². The van der Waals surface area contributed by atoms with E-state index in [0.29, 0.717) is 12.8 Å². The number of terminal acetylenes is 1. The molecule has 0 radical (unpaired) electrons. The SMILES string of the molecule is C#CCC(NC(=O)C1CCCCC1NC(=O)OCC1c2ccccc2-c2ccccc21)C(=O)O. The number of aliphatic carboxylic acids is 1. The summed E-state index contributed by atoms with van der Waals surface area (Å²) >= 11 is 0. The minimum Gasteiger partial charge on any atom is -0.480 e. The maximum Gasteiger partial charge on any atom is 0.407 e. The molecule has 0 bridgehead atoms. The van der Waals surface area contributed by atoms with Crippen molar-refractivity contribution in [1.29, 1.82) is 0 Å². The van der Waals surface area contributed by atoms with E-state index in [4.69, 9.17) is 11.2 Å². The van der Waals surface area contributed by atoms with E-state index < -0.39 is 36.0 Å². The van der Waals surface area contributed by atoms with Crippen LogP contribution in [-0.4, -0.2) is 41.8 Å². The summed E-state index contributed by atoms with van der Waals surface area (Å²) in [4.78, 5) is 36.8. The zero-order valence-electron chi connectivity index (χ0n) is 18.8. The zero-order chi connectivity index (χ0) is 24.1. The van der Waals surface area contributed by atoms with E-state index in [1.807, 2.05) is 24.3 Å². The Bertz CT molecular complexity index is 1080. The molecule has 0 heterocycles. The molecule has 2 aromatic rings. The van der Waals surface area contributed by atoms with Crippen molar-refractivity contribution in [3.05, 3.63) is 59.7 Å². The molecule has 3 N–H and O–H groups in total. The largest absolute Gasteiger partial charge is 0.480 e. The number of carbonyl (C=O) groups excluding carboxylic acids is 2. The molecule has 0 saturated heterocycles. The number of carboxylic acid groups (broad SMARTS) is 1. The number of nitrogens with one attached hydrogen (secondary N) is 2. The first-order valence-corrected chi connectivity index (χ1v) is 11.6. The third kappa shape index (κ3) is 4.91. The first-order valence-electron chi connectivity index (χ1n) is 11.6. The number of ether oxygens (including phenoxy) is 1. The van der Waals surface area contributed by atoms with Gasteiger partial charge in [0.2, 0.25) is 5.91 Å². The van der Waals surface area contributed by atoms with Crippen LogP contribution in [0.4, 0.5) is 4.79 Å². The van der Waals surface area contributed by atoms with Crippen LogP contribution in [0.3, 0.4) is 0 Å². The molecule has 2 aromatic carbocycles. The first kappa shape index (κ1) is 23.4. The third-order valence-electron chi connectivity index (χ3n) is 6.69. The Morgan fingerprint density at radius 2 is 1.65 bits per heavy atom. The molecule has 1 saturated carbocycles. The van der Waals surface area contributed by atoms with Gasteiger partial charge in [0, 0.05) is 18.4 Å². The summed E-state index contributed by atoms with van der Waals surface area (Å²) in [5, 5.41) is 14.6. The summed E-state index contributed by atoms with van der Waals surface area (Å²) in [6.07, 6.45) is 7.41. The molecular formula is C27H28N2O5. The Balaban J connectivity index is 1.39. The lowest BCUT2D eigenvalue weighted by Crippen LogP contribution is -2.51. The number of alkyl carbamates (subject to hydrolysis) is 1. The van der Waals surface area contributed by atoms with Crippen molar-refractivity contribution in [2.24, 2.45) is 5.92 Å². The van der Waals surface area contributed by atoms with E-state index in [1.54, 1.807) is 0 Å². The Hall–Kier alpha value is -3.79. The van der Waals surface area contributed by atoms with Crippen molar-refractivity contribution in [2.45, 2.75) is 50.1 Å². The molecular weight excluding hydrogens is 432 g/mol. The highest BCUT2D eigenvalue weighted by molar-refractivity contribution is 5.86. The Kier molecular flexibility index (Phi) is 7.17. The van der Waals surface area contributed by atoms with Gasteiger partial charge in [-0.2, -0.15) is 0 Å². The average Bonchev–Trinajstić information content (AvgIpc) is 3.16. The number of rotatable bonds is 7. The number of hydrogen-bond donors (Lipinski definition) is 3. The predicted molar refractivity (Wildman–Crippen MR) is 127 cm³/mol. The Morgan fingerprint density at radius 3 is 2.26 bits per heavy atom. The molecule has 2 aliphatic rings. The summed E-state index contributed by atoms with van der Waals surface area (Å²) in [7, 11) is 0. The number of hydrogen-bond acceptors (Lipinski definition) is 4. The van der Waals surface area contributed by atoms with Gasteiger partial charge in [0.05, 0.1) is 5.92 Å². The fourth-order valence-electron chi connectivity index (χ4n) is 5.01. The monoisotopic (exact) mass is 460 g/mol. The van der Waals surface area contributed by atoms with Crippen LogP contribution in [0.25, 0.3) is 11.1 Å². The van der Waals surface area contributed by atoms with Gasteiger partial charge in [0.25, 0.3) is 0 Å². The normalized spacial score (nSPS) is 19.7. The third-order valence-corrected chi connectivity index (χ3v) is 6.69. The Morgan fingerprint density at radius 1 is 1.03 bits per heavy atom. The fraction of sp³-hybridized carbons (Fsp3) is 0.370. The first-order chi connectivity index (χ1) is 16.5. The van der Waals surface area contributed by atoms with Crippen LogP contribution in [0.1, 0.15) is 49.1 Å². The van der Waals surface area contributed by atoms with Crippen molar-refractivity contribution in [3.63, 3.8) is 0 Å². The molecule has 0 aliphatic heterocycles. The second-order valence-electron chi connectivity index (χ2n) is 8.77. The van der Waals surface area contributed by atoms with E-state index in [1.165, 1.54) is 0 Å². The quantitative estimate of drug-likeness (QED) is 0.547. The van der Waals surface area contributed by atoms with Crippen LogP contribution in [0.15, 0.2) is 48.5 Å². The maximum absolute atomic E-state index is 12.8. The fourth-order valence-corrected chi connectivity index (χ4v) is 5.01. The molecule has 7 nitrogen and oxygen atoms in total. The molecule has 0 spiro atoms. The van der Waals surface area contributed by atoms with E-state index in [9.17, 15) is 19.5 Å². The lowest BCUT2D eigenvalue weighted by Gasteiger charge is -2.31.